The molecule has 1 aliphatic rings. The zero-order valence-electron chi connectivity index (χ0n) is 7.24. The summed E-state index contributed by atoms with van der Waals surface area (Å²) in [5.74, 6) is 0.728. The quantitative estimate of drug-likeness (QED) is 0.595. The van der Waals surface area contributed by atoms with Crippen molar-refractivity contribution in [2.24, 2.45) is 5.92 Å². The molecule has 66 valence electrons. The Hall–Kier alpha value is -1.25. The van der Waals surface area contributed by atoms with Crippen LogP contribution >= 0.6 is 0 Å². The van der Waals surface area contributed by atoms with Gasteiger partial charge in [0.1, 0.15) is 5.76 Å². The minimum absolute atomic E-state index is 0.0835. The molecule has 0 N–H and O–H groups in total. The van der Waals surface area contributed by atoms with E-state index in [9.17, 15) is 4.79 Å². The second-order valence-corrected chi connectivity index (χ2v) is 2.59. The fraction of sp³-hybridized carbons (Fsp3) is 0.444. The Bertz CT molecular complexity index is 228. The van der Waals surface area contributed by atoms with Gasteiger partial charge in [0.15, 0.2) is 5.78 Å². The lowest BCUT2D eigenvalue weighted by atomic mass is 10.1. The minimum atomic E-state index is -0.0973. The van der Waals surface area contributed by atoms with Gasteiger partial charge in [-0.15, -0.1) is 0 Å². The Morgan fingerprint density at radius 1 is 1.58 bits per heavy atom. The molecule has 0 radical (unpaired) electrons. The predicted octanol–water partition coefficient (Wildman–Crippen LogP) is 1.27. The third-order valence-electron chi connectivity index (χ3n) is 1.80. The summed E-state index contributed by atoms with van der Waals surface area (Å²) in [6.45, 7) is 0. The van der Waals surface area contributed by atoms with E-state index in [-0.39, 0.29) is 11.7 Å². The van der Waals surface area contributed by atoms with Gasteiger partial charge in [-0.25, -0.2) is 0 Å². The van der Waals surface area contributed by atoms with E-state index in [0.29, 0.717) is 6.42 Å². The van der Waals surface area contributed by atoms with Crippen LogP contribution in [-0.2, 0) is 14.3 Å². The first-order valence-electron chi connectivity index (χ1n) is 3.75. The van der Waals surface area contributed by atoms with Gasteiger partial charge in [-0.05, 0) is 6.08 Å². The van der Waals surface area contributed by atoms with Crippen LogP contribution in [0.4, 0.5) is 0 Å². The normalized spacial score (nSPS) is 23.0. The Labute approximate surface area is 71.7 Å². The van der Waals surface area contributed by atoms with Crippen molar-refractivity contribution >= 4 is 5.78 Å². The van der Waals surface area contributed by atoms with Gasteiger partial charge in [0.05, 0.1) is 26.4 Å². The lowest BCUT2D eigenvalue weighted by Gasteiger charge is -2.01. The first-order chi connectivity index (χ1) is 5.77. The van der Waals surface area contributed by atoms with Gasteiger partial charge in [-0.2, -0.15) is 0 Å². The third kappa shape index (κ3) is 1.87. The SMILES string of the molecule is CO/C=C\[C@@H]1CC(OC)=CC1=O. The maximum atomic E-state index is 11.2. The van der Waals surface area contributed by atoms with Gasteiger partial charge in [0.25, 0.3) is 0 Å². The fourth-order valence-corrected chi connectivity index (χ4v) is 1.12. The van der Waals surface area contributed by atoms with Crippen molar-refractivity contribution in [3.63, 3.8) is 0 Å². The molecule has 0 aromatic rings. The zero-order valence-corrected chi connectivity index (χ0v) is 7.24. The van der Waals surface area contributed by atoms with E-state index in [4.69, 9.17) is 9.47 Å². The molecule has 0 bridgehead atoms. The van der Waals surface area contributed by atoms with Crippen LogP contribution in [0.2, 0.25) is 0 Å². The Morgan fingerprint density at radius 2 is 2.33 bits per heavy atom. The first-order valence-corrected chi connectivity index (χ1v) is 3.75. The molecule has 0 saturated carbocycles. The Morgan fingerprint density at radius 3 is 2.83 bits per heavy atom. The van der Waals surface area contributed by atoms with Crippen molar-refractivity contribution in [1.29, 1.82) is 0 Å². The molecule has 3 nitrogen and oxygen atoms in total. The molecular formula is C9H12O3. The molecular weight excluding hydrogens is 156 g/mol. The van der Waals surface area contributed by atoms with Crippen molar-refractivity contribution in [3.05, 3.63) is 24.2 Å². The number of ketones is 1. The highest BCUT2D eigenvalue weighted by atomic mass is 16.5. The van der Waals surface area contributed by atoms with E-state index >= 15 is 0 Å². The second kappa shape index (κ2) is 3.95. The summed E-state index contributed by atoms with van der Waals surface area (Å²) in [6, 6.07) is 0. The maximum Gasteiger partial charge on any atom is 0.166 e. The summed E-state index contributed by atoms with van der Waals surface area (Å²) >= 11 is 0. The number of carbonyl (C=O) groups is 1. The van der Waals surface area contributed by atoms with Crippen molar-refractivity contribution < 1.29 is 14.3 Å². The number of rotatable bonds is 3. The van der Waals surface area contributed by atoms with E-state index in [2.05, 4.69) is 0 Å². The average Bonchev–Trinajstić information content (AvgIpc) is 2.43. The van der Waals surface area contributed by atoms with E-state index < -0.39 is 0 Å². The highest BCUT2D eigenvalue weighted by Crippen LogP contribution is 2.23. The molecule has 1 rings (SSSR count). The van der Waals surface area contributed by atoms with Crippen molar-refractivity contribution in [3.8, 4) is 0 Å². The van der Waals surface area contributed by atoms with E-state index in [1.807, 2.05) is 0 Å². The number of allylic oxidation sites excluding steroid dienone is 3. The molecule has 1 aliphatic carbocycles. The highest BCUT2D eigenvalue weighted by molar-refractivity contribution is 5.95. The topological polar surface area (TPSA) is 35.5 Å². The lowest BCUT2D eigenvalue weighted by Crippen LogP contribution is -2.02. The van der Waals surface area contributed by atoms with Crippen LogP contribution < -0.4 is 0 Å². The molecule has 12 heavy (non-hydrogen) atoms. The van der Waals surface area contributed by atoms with Gasteiger partial charge in [-0.1, -0.05) is 0 Å². The molecule has 0 aliphatic heterocycles. The summed E-state index contributed by atoms with van der Waals surface area (Å²) in [5, 5.41) is 0. The molecule has 0 aromatic heterocycles. The summed E-state index contributed by atoms with van der Waals surface area (Å²) < 4.78 is 9.68. The minimum Gasteiger partial charge on any atom is -0.505 e. The number of methoxy groups -OCH3 is 2. The van der Waals surface area contributed by atoms with Crippen LogP contribution in [0.1, 0.15) is 6.42 Å². The van der Waals surface area contributed by atoms with Crippen molar-refractivity contribution in [2.45, 2.75) is 6.42 Å². The molecule has 0 amide bonds. The van der Waals surface area contributed by atoms with Crippen LogP contribution in [0.25, 0.3) is 0 Å². The van der Waals surface area contributed by atoms with Crippen molar-refractivity contribution in [2.75, 3.05) is 14.2 Å². The smallest absolute Gasteiger partial charge is 0.166 e. The first kappa shape index (κ1) is 8.84. The molecule has 0 saturated heterocycles. The number of hydrogen-bond acceptors (Lipinski definition) is 3. The average molecular weight is 168 g/mol. The van der Waals surface area contributed by atoms with Crippen LogP contribution in [0.3, 0.4) is 0 Å². The highest BCUT2D eigenvalue weighted by Gasteiger charge is 2.23. The second-order valence-electron chi connectivity index (χ2n) is 2.59. The number of ether oxygens (including phenoxy) is 2. The van der Waals surface area contributed by atoms with Crippen LogP contribution in [0.15, 0.2) is 24.2 Å². The summed E-state index contributed by atoms with van der Waals surface area (Å²) in [5.41, 5.74) is 0. The van der Waals surface area contributed by atoms with Crippen LogP contribution in [0.5, 0.6) is 0 Å². The predicted molar refractivity (Wildman–Crippen MR) is 44.4 cm³/mol. The number of carbonyl (C=O) groups excluding carboxylic acids is 1. The standard InChI is InChI=1S/C9H12O3/c1-11-4-3-7-5-8(12-2)6-9(7)10/h3-4,6-7H,5H2,1-2H3/b4-3-/t7-/m1/s1. The summed E-state index contributed by atoms with van der Waals surface area (Å²) in [7, 11) is 3.13. The lowest BCUT2D eigenvalue weighted by molar-refractivity contribution is -0.116. The van der Waals surface area contributed by atoms with E-state index in [1.165, 1.54) is 12.3 Å². The van der Waals surface area contributed by atoms with E-state index in [0.717, 1.165) is 5.76 Å². The van der Waals surface area contributed by atoms with Gasteiger partial charge in [-0.3, -0.25) is 4.79 Å². The van der Waals surface area contributed by atoms with E-state index in [1.54, 1.807) is 20.3 Å². The summed E-state index contributed by atoms with van der Waals surface area (Å²) in [6.07, 6.45) is 5.44. The van der Waals surface area contributed by atoms with Gasteiger partial charge in [0, 0.05) is 12.5 Å². The van der Waals surface area contributed by atoms with Gasteiger partial charge < -0.3 is 9.47 Å². The Kier molecular flexibility index (Phi) is 2.91. The molecule has 0 fully saturated rings. The molecule has 0 heterocycles. The molecule has 0 aromatic carbocycles. The Balaban J connectivity index is 2.53. The van der Waals surface area contributed by atoms with Gasteiger partial charge >= 0.3 is 0 Å². The monoisotopic (exact) mass is 168 g/mol. The zero-order chi connectivity index (χ0) is 8.97. The third-order valence-corrected chi connectivity index (χ3v) is 1.80. The molecule has 1 atom stereocenters. The van der Waals surface area contributed by atoms with Gasteiger partial charge in [0.2, 0.25) is 0 Å². The molecule has 0 spiro atoms. The number of hydrogen-bond donors (Lipinski definition) is 0. The van der Waals surface area contributed by atoms with Crippen LogP contribution in [0, 0.1) is 5.92 Å². The largest absolute Gasteiger partial charge is 0.505 e. The molecule has 0 unspecified atom stereocenters. The maximum absolute atomic E-state index is 11.2. The fourth-order valence-electron chi connectivity index (χ4n) is 1.12. The molecule has 3 heteroatoms. The van der Waals surface area contributed by atoms with Crippen LogP contribution in [-0.4, -0.2) is 20.0 Å². The summed E-state index contributed by atoms with van der Waals surface area (Å²) in [4.78, 5) is 11.2. The van der Waals surface area contributed by atoms with Crippen molar-refractivity contribution in [1.82, 2.24) is 0 Å².